The first kappa shape index (κ1) is 27.9. The summed E-state index contributed by atoms with van der Waals surface area (Å²) in [6.45, 7) is 0. The maximum Gasteiger partial charge on any atom is 0.236 e. The van der Waals surface area contributed by atoms with Crippen LogP contribution in [-0.4, -0.2) is 43.0 Å². The quantitative estimate of drug-likeness (QED) is 0.205. The molecule has 0 aromatic heterocycles. The predicted molar refractivity (Wildman–Crippen MR) is 129 cm³/mol. The van der Waals surface area contributed by atoms with Gasteiger partial charge < -0.3 is 5.32 Å². The summed E-state index contributed by atoms with van der Waals surface area (Å²) in [7, 11) is -3.64. The first-order valence-corrected chi connectivity index (χ1v) is 13.8. The van der Waals surface area contributed by atoms with Gasteiger partial charge in [-0.2, -0.15) is 0 Å². The van der Waals surface area contributed by atoms with E-state index in [1.54, 1.807) is 0 Å². The van der Waals surface area contributed by atoms with E-state index in [2.05, 4.69) is 5.32 Å². The van der Waals surface area contributed by atoms with Gasteiger partial charge in [0.2, 0.25) is 21.8 Å². The molecule has 13 heteroatoms. The van der Waals surface area contributed by atoms with Crippen molar-refractivity contribution in [2.75, 3.05) is 11.6 Å². The van der Waals surface area contributed by atoms with Crippen molar-refractivity contribution in [2.45, 2.75) is 43.5 Å². The Morgan fingerprint density at radius 3 is 2.25 bits per heavy atom. The third-order valence-electron chi connectivity index (χ3n) is 5.84. The number of carbonyl (C=O) groups excluding carboxylic acids is 2. The Balaban J connectivity index is 1.54. The van der Waals surface area contributed by atoms with Crippen molar-refractivity contribution >= 4 is 44.3 Å². The number of allylic oxidation sites excluding steroid dienone is 2. The molecule has 1 fully saturated rings. The highest BCUT2D eigenvalue weighted by atomic mass is 32.2. The number of thioether (sulfide) groups is 1. The average molecular weight is 548 g/mol. The van der Waals surface area contributed by atoms with Crippen molar-refractivity contribution < 1.29 is 35.6 Å². The molecule has 7 nitrogen and oxygen atoms in total. The molecule has 0 saturated heterocycles. The second-order valence-electron chi connectivity index (χ2n) is 8.76. The monoisotopic (exact) mass is 547 g/mol. The normalized spacial score (nSPS) is 24.1. The van der Waals surface area contributed by atoms with Crippen LogP contribution in [0.3, 0.4) is 0 Å². The maximum absolute atomic E-state index is 14.5. The van der Waals surface area contributed by atoms with Crippen molar-refractivity contribution in [3.8, 4) is 0 Å². The first-order chi connectivity index (χ1) is 16.8. The number of nitrogens with one attached hydrogen (secondary N) is 3. The molecule has 3 N–H and O–H groups in total. The molecule has 0 aliphatic heterocycles. The van der Waals surface area contributed by atoms with Crippen LogP contribution in [0.25, 0.3) is 0 Å². The second kappa shape index (κ2) is 11.6. The topological polar surface area (TPSA) is 116 Å². The Morgan fingerprint density at radius 1 is 1.08 bits per heavy atom. The molecular weight excluding hydrogens is 522 g/mol. The number of alkyl halides is 1. The highest BCUT2D eigenvalue weighted by Crippen LogP contribution is 2.36. The molecule has 2 atom stereocenters. The van der Waals surface area contributed by atoms with Gasteiger partial charge in [0.1, 0.15) is 6.17 Å². The first-order valence-electron chi connectivity index (χ1n) is 11.1. The van der Waals surface area contributed by atoms with Crippen LogP contribution in [0.5, 0.6) is 0 Å². The molecule has 0 heterocycles. The molecular formula is C23H25F4N3O4S2. The van der Waals surface area contributed by atoms with Gasteiger partial charge in [-0.25, -0.2) is 26.0 Å². The standard InChI is InChI=1S/C23H25F4N3O4S2/c1-36(33,34)30-23(32)14-5-3-13(4-6-14)22(28)35-19-8-12(2-7-16(19)24)9-20(31)29-15-10-17(25)21(27)18(26)11-15/h2,7-8,10-11,13-14,16,19,28H,3-6,9H2,1H3,(H,29,31)(H,30,32). The van der Waals surface area contributed by atoms with Crippen molar-refractivity contribution in [1.82, 2.24) is 4.72 Å². The number of benzene rings is 1. The lowest BCUT2D eigenvalue weighted by atomic mass is 9.82. The van der Waals surface area contributed by atoms with Crippen molar-refractivity contribution in [1.29, 1.82) is 5.41 Å². The van der Waals surface area contributed by atoms with Gasteiger partial charge in [-0.1, -0.05) is 12.2 Å². The third-order valence-corrected chi connectivity index (χ3v) is 7.66. The minimum atomic E-state index is -3.64. The van der Waals surface area contributed by atoms with Crippen molar-refractivity contribution in [2.24, 2.45) is 11.8 Å². The van der Waals surface area contributed by atoms with Gasteiger partial charge in [-0.15, -0.1) is 11.8 Å². The molecule has 1 aromatic rings. The molecule has 2 aliphatic carbocycles. The summed E-state index contributed by atoms with van der Waals surface area (Å²) in [4.78, 5) is 24.3. The van der Waals surface area contributed by atoms with E-state index in [0.717, 1.165) is 18.0 Å². The van der Waals surface area contributed by atoms with Crippen molar-refractivity contribution in [3.63, 3.8) is 0 Å². The molecule has 2 aliphatic rings. The molecule has 36 heavy (non-hydrogen) atoms. The zero-order valence-electron chi connectivity index (χ0n) is 19.2. The van der Waals surface area contributed by atoms with Crippen LogP contribution in [-0.2, 0) is 19.6 Å². The smallest absolute Gasteiger partial charge is 0.236 e. The Kier molecular flexibility index (Phi) is 8.98. The van der Waals surface area contributed by atoms with E-state index in [4.69, 9.17) is 5.41 Å². The lowest BCUT2D eigenvalue weighted by molar-refractivity contribution is -0.124. The minimum Gasteiger partial charge on any atom is -0.326 e. The Labute approximate surface area is 210 Å². The maximum atomic E-state index is 14.5. The highest BCUT2D eigenvalue weighted by Gasteiger charge is 2.32. The van der Waals surface area contributed by atoms with Crippen molar-refractivity contribution in [3.05, 3.63) is 53.4 Å². The lowest BCUT2D eigenvalue weighted by Crippen LogP contribution is -2.37. The van der Waals surface area contributed by atoms with Gasteiger partial charge in [0.05, 0.1) is 23.0 Å². The Bertz CT molecular complexity index is 1190. The summed E-state index contributed by atoms with van der Waals surface area (Å²) in [5, 5.41) is 10.1. The number of rotatable bonds is 7. The van der Waals surface area contributed by atoms with E-state index in [0.29, 0.717) is 43.4 Å². The third kappa shape index (κ3) is 7.66. The number of amides is 2. The van der Waals surface area contributed by atoms with Gasteiger partial charge >= 0.3 is 0 Å². The number of hydrogen-bond acceptors (Lipinski definition) is 6. The summed E-state index contributed by atoms with van der Waals surface area (Å²) in [6, 6.07) is 1.30. The largest absolute Gasteiger partial charge is 0.326 e. The lowest BCUT2D eigenvalue weighted by Gasteiger charge is -2.29. The van der Waals surface area contributed by atoms with E-state index in [-0.39, 0.29) is 23.1 Å². The summed E-state index contributed by atoms with van der Waals surface area (Å²) < 4.78 is 78.7. The molecule has 3 rings (SSSR count). The van der Waals surface area contributed by atoms with E-state index < -0.39 is 56.6 Å². The molecule has 2 unspecified atom stereocenters. The van der Waals surface area contributed by atoms with Gasteiger partial charge in [0, 0.05) is 29.7 Å². The zero-order valence-corrected chi connectivity index (χ0v) is 20.8. The average Bonchev–Trinajstić information content (AvgIpc) is 2.78. The number of carbonyl (C=O) groups is 2. The fourth-order valence-corrected chi connectivity index (χ4v) is 5.76. The molecule has 196 valence electrons. The minimum absolute atomic E-state index is 0.196. The second-order valence-corrected chi connectivity index (χ2v) is 11.7. The van der Waals surface area contributed by atoms with Gasteiger partial charge in [-0.3, -0.25) is 19.7 Å². The van der Waals surface area contributed by atoms with E-state index >= 15 is 0 Å². The van der Waals surface area contributed by atoms with Gasteiger partial charge in [0.15, 0.2) is 17.5 Å². The Hall–Kier alpha value is -2.67. The zero-order chi connectivity index (χ0) is 26.6. The van der Waals surface area contributed by atoms with Crippen LogP contribution in [0, 0.1) is 34.7 Å². The van der Waals surface area contributed by atoms with Crippen LogP contribution in [0.15, 0.2) is 35.9 Å². The molecule has 2 amide bonds. The molecule has 0 spiro atoms. The van der Waals surface area contributed by atoms with E-state index in [9.17, 15) is 35.6 Å². The van der Waals surface area contributed by atoms with Crippen LogP contribution >= 0.6 is 11.8 Å². The van der Waals surface area contributed by atoms with E-state index in [1.165, 1.54) is 18.2 Å². The van der Waals surface area contributed by atoms with E-state index in [1.807, 2.05) is 4.72 Å². The fraction of sp³-hybridized carbons (Fsp3) is 0.435. The molecule has 0 bridgehead atoms. The molecule has 1 saturated carbocycles. The number of hydrogen-bond donors (Lipinski definition) is 3. The summed E-state index contributed by atoms with van der Waals surface area (Å²) in [5.41, 5.74) is 0.185. The highest BCUT2D eigenvalue weighted by molar-refractivity contribution is 8.14. The van der Waals surface area contributed by atoms with Crippen LogP contribution in [0.4, 0.5) is 23.2 Å². The van der Waals surface area contributed by atoms with Gasteiger partial charge in [-0.05, 0) is 37.3 Å². The number of halogens is 4. The van der Waals surface area contributed by atoms with Gasteiger partial charge in [0.25, 0.3) is 0 Å². The van der Waals surface area contributed by atoms with Crippen LogP contribution in [0.1, 0.15) is 32.1 Å². The summed E-state index contributed by atoms with van der Waals surface area (Å²) in [6.07, 6.45) is 5.25. The molecule has 0 radical (unpaired) electrons. The van der Waals surface area contributed by atoms with Crippen LogP contribution < -0.4 is 10.0 Å². The summed E-state index contributed by atoms with van der Waals surface area (Å²) in [5.74, 6) is -6.39. The van der Waals surface area contributed by atoms with Crippen LogP contribution in [0.2, 0.25) is 0 Å². The predicted octanol–water partition coefficient (Wildman–Crippen LogP) is 4.23. The SMILES string of the molecule is CS(=O)(=O)NC(=O)C1CCC(C(=N)SC2C=C(CC(=O)Nc3cc(F)c(F)c(F)c3)C=CC2F)CC1. The molecule has 1 aromatic carbocycles. The number of anilines is 1. The summed E-state index contributed by atoms with van der Waals surface area (Å²) >= 11 is 1.01. The number of sulfonamides is 1. The Morgan fingerprint density at radius 2 is 1.67 bits per heavy atom. The fourth-order valence-electron chi connectivity index (χ4n) is 4.05.